The van der Waals surface area contributed by atoms with Crippen molar-refractivity contribution in [1.29, 1.82) is 5.26 Å². The van der Waals surface area contributed by atoms with Crippen molar-refractivity contribution in [2.75, 3.05) is 5.73 Å². The monoisotopic (exact) mass is 337 g/mol. The molecule has 0 bridgehead atoms. The van der Waals surface area contributed by atoms with Gasteiger partial charge in [-0.1, -0.05) is 48.0 Å². The zero-order valence-corrected chi connectivity index (χ0v) is 13.6. The van der Waals surface area contributed by atoms with Gasteiger partial charge in [0.15, 0.2) is 0 Å². The molecule has 3 rings (SSSR count). The van der Waals surface area contributed by atoms with Gasteiger partial charge in [0.25, 0.3) is 0 Å². The van der Waals surface area contributed by atoms with Crippen molar-refractivity contribution in [1.82, 2.24) is 4.98 Å². The first kappa shape index (κ1) is 16.0. The van der Waals surface area contributed by atoms with Crippen LogP contribution < -0.4 is 5.73 Å². The first-order valence-electron chi connectivity index (χ1n) is 7.24. The summed E-state index contributed by atoms with van der Waals surface area (Å²) in [5, 5.41) is 9.51. The van der Waals surface area contributed by atoms with Crippen molar-refractivity contribution in [2.45, 2.75) is 6.92 Å². The maximum atomic E-state index is 13.9. The van der Waals surface area contributed by atoms with E-state index in [4.69, 9.17) is 17.3 Å². The Morgan fingerprint density at radius 1 is 1.12 bits per heavy atom. The number of hydrogen-bond acceptors (Lipinski definition) is 3. The van der Waals surface area contributed by atoms with Gasteiger partial charge in [-0.15, -0.1) is 0 Å². The average molecular weight is 338 g/mol. The molecule has 0 atom stereocenters. The van der Waals surface area contributed by atoms with Crippen LogP contribution >= 0.6 is 11.6 Å². The Morgan fingerprint density at radius 2 is 1.83 bits per heavy atom. The molecular weight excluding hydrogens is 325 g/mol. The molecule has 0 aliphatic heterocycles. The molecule has 0 saturated carbocycles. The first-order chi connectivity index (χ1) is 11.5. The number of benzene rings is 2. The molecular formula is C19H13ClFN3. The second kappa shape index (κ2) is 6.31. The summed E-state index contributed by atoms with van der Waals surface area (Å²) in [5.41, 5.74) is 9.63. The Morgan fingerprint density at radius 3 is 2.46 bits per heavy atom. The normalized spacial score (nSPS) is 10.4. The summed E-state index contributed by atoms with van der Waals surface area (Å²) in [4.78, 5) is 4.38. The lowest BCUT2D eigenvalue weighted by molar-refractivity contribution is 0.629. The van der Waals surface area contributed by atoms with E-state index in [-0.39, 0.29) is 16.4 Å². The SMILES string of the molecule is Cc1c(-c2ccccc2)nc(N)c(C#N)c1-c1ccc(Cl)c(F)c1. The third-order valence-corrected chi connectivity index (χ3v) is 4.14. The number of anilines is 1. The van der Waals surface area contributed by atoms with Gasteiger partial charge in [-0.05, 0) is 30.2 Å². The number of rotatable bonds is 2. The van der Waals surface area contributed by atoms with Crippen LogP contribution in [-0.4, -0.2) is 4.98 Å². The minimum atomic E-state index is -0.547. The predicted octanol–water partition coefficient (Wildman–Crippen LogP) is 4.97. The molecule has 0 radical (unpaired) electrons. The first-order valence-corrected chi connectivity index (χ1v) is 7.61. The summed E-state index contributed by atoms with van der Waals surface area (Å²) >= 11 is 5.76. The summed E-state index contributed by atoms with van der Waals surface area (Å²) in [6.07, 6.45) is 0. The average Bonchev–Trinajstić information content (AvgIpc) is 2.59. The van der Waals surface area contributed by atoms with Crippen molar-refractivity contribution in [3.63, 3.8) is 0 Å². The van der Waals surface area contributed by atoms with Crippen LogP contribution in [0, 0.1) is 24.1 Å². The molecule has 0 fully saturated rings. The van der Waals surface area contributed by atoms with Crippen molar-refractivity contribution < 1.29 is 4.39 Å². The van der Waals surface area contributed by atoms with Gasteiger partial charge >= 0.3 is 0 Å². The zero-order chi connectivity index (χ0) is 17.3. The number of nitrogens with zero attached hydrogens (tertiary/aromatic N) is 2. The van der Waals surface area contributed by atoms with Gasteiger partial charge in [0, 0.05) is 11.1 Å². The van der Waals surface area contributed by atoms with Gasteiger partial charge in [-0.3, -0.25) is 0 Å². The Balaban J connectivity index is 2.34. The second-order valence-corrected chi connectivity index (χ2v) is 5.73. The number of pyridine rings is 1. The van der Waals surface area contributed by atoms with E-state index in [1.54, 1.807) is 6.07 Å². The quantitative estimate of drug-likeness (QED) is 0.718. The van der Waals surface area contributed by atoms with Gasteiger partial charge in [0.1, 0.15) is 23.3 Å². The molecule has 5 heteroatoms. The topological polar surface area (TPSA) is 62.7 Å². The van der Waals surface area contributed by atoms with E-state index < -0.39 is 5.82 Å². The van der Waals surface area contributed by atoms with Crippen LogP contribution in [0.25, 0.3) is 22.4 Å². The number of nitrogens with two attached hydrogens (primary N) is 1. The minimum Gasteiger partial charge on any atom is -0.383 e. The third kappa shape index (κ3) is 2.70. The maximum Gasteiger partial charge on any atom is 0.142 e. The van der Waals surface area contributed by atoms with Gasteiger partial charge in [0.05, 0.1) is 10.7 Å². The molecule has 0 spiro atoms. The molecule has 0 saturated heterocycles. The van der Waals surface area contributed by atoms with Crippen LogP contribution in [-0.2, 0) is 0 Å². The standard InChI is InChI=1S/C19H13ClFN3/c1-11-17(13-7-8-15(20)16(21)9-13)14(10-22)19(23)24-18(11)12-5-3-2-4-6-12/h2-9H,1H3,(H2,23,24). The fourth-order valence-corrected chi connectivity index (χ4v) is 2.81. The Labute approximate surface area is 144 Å². The number of aromatic nitrogens is 1. The summed E-state index contributed by atoms with van der Waals surface area (Å²) in [7, 11) is 0. The zero-order valence-electron chi connectivity index (χ0n) is 12.8. The van der Waals surface area contributed by atoms with Crippen LogP contribution in [0.15, 0.2) is 48.5 Å². The van der Waals surface area contributed by atoms with E-state index in [2.05, 4.69) is 11.1 Å². The van der Waals surface area contributed by atoms with E-state index in [1.807, 2.05) is 37.3 Å². The van der Waals surface area contributed by atoms with Crippen molar-refractivity contribution in [3.05, 3.63) is 70.5 Å². The Hall–Kier alpha value is -2.90. The molecule has 0 aliphatic rings. The van der Waals surface area contributed by atoms with Gasteiger partial charge in [0.2, 0.25) is 0 Å². The summed E-state index contributed by atoms with van der Waals surface area (Å²) < 4.78 is 13.9. The molecule has 0 amide bonds. The summed E-state index contributed by atoms with van der Waals surface area (Å²) in [6.45, 7) is 1.84. The van der Waals surface area contributed by atoms with E-state index in [1.165, 1.54) is 12.1 Å². The lowest BCUT2D eigenvalue weighted by Crippen LogP contribution is -2.03. The van der Waals surface area contributed by atoms with E-state index in [0.717, 1.165) is 11.1 Å². The number of nitriles is 1. The fourth-order valence-electron chi connectivity index (χ4n) is 2.70. The third-order valence-electron chi connectivity index (χ3n) is 3.84. The molecule has 24 heavy (non-hydrogen) atoms. The summed E-state index contributed by atoms with van der Waals surface area (Å²) in [5.74, 6) is -0.429. The van der Waals surface area contributed by atoms with E-state index in [0.29, 0.717) is 16.8 Å². The highest BCUT2D eigenvalue weighted by Gasteiger charge is 2.19. The molecule has 2 aromatic carbocycles. The molecule has 0 aliphatic carbocycles. The van der Waals surface area contributed by atoms with E-state index >= 15 is 0 Å². The molecule has 1 aromatic heterocycles. The number of halogens is 2. The smallest absolute Gasteiger partial charge is 0.142 e. The summed E-state index contributed by atoms with van der Waals surface area (Å²) in [6, 6.07) is 16.0. The van der Waals surface area contributed by atoms with Crippen LogP contribution in [0.5, 0.6) is 0 Å². The maximum absolute atomic E-state index is 13.9. The largest absolute Gasteiger partial charge is 0.383 e. The fraction of sp³-hybridized carbons (Fsp3) is 0.0526. The molecule has 3 nitrogen and oxygen atoms in total. The van der Waals surface area contributed by atoms with E-state index in [9.17, 15) is 9.65 Å². The second-order valence-electron chi connectivity index (χ2n) is 5.33. The van der Waals surface area contributed by atoms with Gasteiger partial charge < -0.3 is 5.73 Å². The predicted molar refractivity (Wildman–Crippen MR) is 93.9 cm³/mol. The van der Waals surface area contributed by atoms with Crippen LogP contribution in [0.2, 0.25) is 5.02 Å². The number of hydrogen-bond donors (Lipinski definition) is 1. The Kier molecular flexibility index (Phi) is 4.20. The molecule has 118 valence electrons. The molecule has 2 N–H and O–H groups in total. The Bertz CT molecular complexity index is 963. The van der Waals surface area contributed by atoms with Crippen molar-refractivity contribution in [2.24, 2.45) is 0 Å². The van der Waals surface area contributed by atoms with Crippen LogP contribution in [0.3, 0.4) is 0 Å². The molecule has 3 aromatic rings. The molecule has 1 heterocycles. The van der Waals surface area contributed by atoms with Crippen molar-refractivity contribution in [3.8, 4) is 28.5 Å². The number of nitrogen functional groups attached to an aromatic ring is 1. The van der Waals surface area contributed by atoms with Crippen molar-refractivity contribution >= 4 is 17.4 Å². The lowest BCUT2D eigenvalue weighted by Gasteiger charge is -2.15. The molecule has 0 unspecified atom stereocenters. The highest BCUT2D eigenvalue weighted by Crippen LogP contribution is 2.36. The van der Waals surface area contributed by atoms with Gasteiger partial charge in [-0.2, -0.15) is 5.26 Å². The van der Waals surface area contributed by atoms with Crippen LogP contribution in [0.4, 0.5) is 10.2 Å². The van der Waals surface area contributed by atoms with Gasteiger partial charge in [-0.25, -0.2) is 9.37 Å². The lowest BCUT2D eigenvalue weighted by atomic mass is 9.93. The highest BCUT2D eigenvalue weighted by atomic mass is 35.5. The minimum absolute atomic E-state index is 0.0280. The van der Waals surface area contributed by atoms with Crippen LogP contribution in [0.1, 0.15) is 11.1 Å². The highest BCUT2D eigenvalue weighted by molar-refractivity contribution is 6.30.